The summed E-state index contributed by atoms with van der Waals surface area (Å²) in [6.07, 6.45) is 2.53. The number of hydrogen-bond acceptors (Lipinski definition) is 4. The number of hydrogen-bond donors (Lipinski definition) is 2. The summed E-state index contributed by atoms with van der Waals surface area (Å²) in [6, 6.07) is 5.98. The second kappa shape index (κ2) is 4.86. The van der Waals surface area contributed by atoms with Crippen molar-refractivity contribution in [2.24, 2.45) is 7.05 Å². The lowest BCUT2D eigenvalue weighted by Gasteiger charge is -2.10. The second-order valence-electron chi connectivity index (χ2n) is 4.07. The SMILES string of the molecule is Cc1cccc(NCCc2nncn2C)c1N. The van der Waals surface area contributed by atoms with Gasteiger partial charge in [-0.3, -0.25) is 0 Å². The minimum absolute atomic E-state index is 0.792. The number of nitrogens with zero attached hydrogens (tertiary/aromatic N) is 3. The van der Waals surface area contributed by atoms with Crippen molar-refractivity contribution in [1.29, 1.82) is 0 Å². The molecular formula is C12H17N5. The molecule has 5 nitrogen and oxygen atoms in total. The molecule has 0 atom stereocenters. The summed E-state index contributed by atoms with van der Waals surface area (Å²) in [6.45, 7) is 2.80. The van der Waals surface area contributed by atoms with Crippen molar-refractivity contribution >= 4 is 11.4 Å². The predicted molar refractivity (Wildman–Crippen MR) is 68.8 cm³/mol. The Kier molecular flexibility index (Phi) is 3.27. The van der Waals surface area contributed by atoms with E-state index in [0.29, 0.717) is 0 Å². The molecule has 1 aromatic carbocycles. The predicted octanol–water partition coefficient (Wildman–Crippen LogP) is 1.36. The highest BCUT2D eigenvalue weighted by Gasteiger charge is 2.03. The molecule has 2 aromatic rings. The Hall–Kier alpha value is -2.04. The van der Waals surface area contributed by atoms with Crippen molar-refractivity contribution in [3.05, 3.63) is 35.9 Å². The fourth-order valence-electron chi connectivity index (χ4n) is 1.68. The van der Waals surface area contributed by atoms with Gasteiger partial charge in [-0.2, -0.15) is 0 Å². The molecule has 17 heavy (non-hydrogen) atoms. The number of nitrogen functional groups attached to an aromatic ring is 1. The molecular weight excluding hydrogens is 214 g/mol. The Balaban J connectivity index is 1.95. The van der Waals surface area contributed by atoms with Crippen LogP contribution in [0.3, 0.4) is 0 Å². The first kappa shape index (κ1) is 11.4. The lowest BCUT2D eigenvalue weighted by atomic mass is 10.1. The minimum atomic E-state index is 0.792. The summed E-state index contributed by atoms with van der Waals surface area (Å²) >= 11 is 0. The molecule has 0 aliphatic rings. The third kappa shape index (κ3) is 2.55. The van der Waals surface area contributed by atoms with Crippen LogP contribution in [-0.4, -0.2) is 21.3 Å². The number of aryl methyl sites for hydroxylation is 2. The van der Waals surface area contributed by atoms with Crippen LogP contribution in [-0.2, 0) is 13.5 Å². The van der Waals surface area contributed by atoms with Crippen molar-refractivity contribution in [2.75, 3.05) is 17.6 Å². The number of benzene rings is 1. The van der Waals surface area contributed by atoms with Gasteiger partial charge in [0.15, 0.2) is 0 Å². The zero-order valence-corrected chi connectivity index (χ0v) is 10.1. The lowest BCUT2D eigenvalue weighted by molar-refractivity contribution is 0.788. The van der Waals surface area contributed by atoms with Crippen molar-refractivity contribution in [1.82, 2.24) is 14.8 Å². The fraction of sp³-hybridized carbons (Fsp3) is 0.333. The maximum Gasteiger partial charge on any atom is 0.134 e. The number of aromatic nitrogens is 3. The van der Waals surface area contributed by atoms with E-state index in [0.717, 1.165) is 35.7 Å². The van der Waals surface area contributed by atoms with Gasteiger partial charge >= 0.3 is 0 Å². The van der Waals surface area contributed by atoms with E-state index in [2.05, 4.69) is 15.5 Å². The van der Waals surface area contributed by atoms with Crippen LogP contribution < -0.4 is 11.1 Å². The molecule has 90 valence electrons. The molecule has 0 radical (unpaired) electrons. The fourth-order valence-corrected chi connectivity index (χ4v) is 1.68. The highest BCUT2D eigenvalue weighted by molar-refractivity contribution is 5.69. The van der Waals surface area contributed by atoms with E-state index in [1.807, 2.05) is 36.7 Å². The van der Waals surface area contributed by atoms with Gasteiger partial charge in [-0.1, -0.05) is 12.1 Å². The average Bonchev–Trinajstić information content (AvgIpc) is 2.71. The van der Waals surface area contributed by atoms with Crippen molar-refractivity contribution in [3.8, 4) is 0 Å². The number of para-hydroxylation sites is 1. The second-order valence-corrected chi connectivity index (χ2v) is 4.07. The largest absolute Gasteiger partial charge is 0.397 e. The van der Waals surface area contributed by atoms with E-state index >= 15 is 0 Å². The van der Waals surface area contributed by atoms with Gasteiger partial charge in [0.25, 0.3) is 0 Å². The molecule has 5 heteroatoms. The van der Waals surface area contributed by atoms with E-state index in [1.54, 1.807) is 6.33 Å². The first-order valence-corrected chi connectivity index (χ1v) is 5.60. The molecule has 0 amide bonds. The van der Waals surface area contributed by atoms with E-state index in [-0.39, 0.29) is 0 Å². The van der Waals surface area contributed by atoms with E-state index in [1.165, 1.54) is 0 Å². The third-order valence-corrected chi connectivity index (χ3v) is 2.79. The number of nitrogens with two attached hydrogens (primary N) is 1. The monoisotopic (exact) mass is 231 g/mol. The summed E-state index contributed by atoms with van der Waals surface area (Å²) in [5.74, 6) is 0.962. The number of rotatable bonds is 4. The molecule has 0 saturated heterocycles. The zero-order valence-electron chi connectivity index (χ0n) is 10.1. The molecule has 0 aliphatic carbocycles. The topological polar surface area (TPSA) is 68.8 Å². The van der Waals surface area contributed by atoms with Gasteiger partial charge in [0.05, 0.1) is 11.4 Å². The zero-order chi connectivity index (χ0) is 12.3. The van der Waals surface area contributed by atoms with Gasteiger partial charge in [0.2, 0.25) is 0 Å². The van der Waals surface area contributed by atoms with Crippen molar-refractivity contribution in [3.63, 3.8) is 0 Å². The quantitative estimate of drug-likeness (QED) is 0.780. The van der Waals surface area contributed by atoms with Gasteiger partial charge in [-0.25, -0.2) is 0 Å². The summed E-state index contributed by atoms with van der Waals surface area (Å²) in [5, 5.41) is 11.2. The number of nitrogens with one attached hydrogen (secondary N) is 1. The minimum Gasteiger partial charge on any atom is -0.397 e. The molecule has 0 unspecified atom stereocenters. The lowest BCUT2D eigenvalue weighted by Crippen LogP contribution is -2.10. The maximum absolute atomic E-state index is 5.98. The smallest absolute Gasteiger partial charge is 0.134 e. The van der Waals surface area contributed by atoms with Crippen LogP contribution in [0, 0.1) is 6.92 Å². The Bertz CT molecular complexity index is 503. The van der Waals surface area contributed by atoms with Crippen LogP contribution in [0.4, 0.5) is 11.4 Å². The average molecular weight is 231 g/mol. The van der Waals surface area contributed by atoms with Crippen LogP contribution >= 0.6 is 0 Å². The van der Waals surface area contributed by atoms with E-state index in [4.69, 9.17) is 5.73 Å². The van der Waals surface area contributed by atoms with Crippen LogP contribution in [0.1, 0.15) is 11.4 Å². The normalized spacial score (nSPS) is 10.5. The molecule has 3 N–H and O–H groups in total. The molecule has 0 spiro atoms. The summed E-state index contributed by atoms with van der Waals surface area (Å²) in [5.41, 5.74) is 8.86. The summed E-state index contributed by atoms with van der Waals surface area (Å²) in [7, 11) is 1.94. The van der Waals surface area contributed by atoms with Crippen molar-refractivity contribution < 1.29 is 0 Å². The molecule has 1 heterocycles. The first-order chi connectivity index (χ1) is 8.18. The molecule has 0 fully saturated rings. The van der Waals surface area contributed by atoms with Gasteiger partial charge in [0, 0.05) is 20.0 Å². The van der Waals surface area contributed by atoms with Crippen LogP contribution in [0.15, 0.2) is 24.5 Å². The highest BCUT2D eigenvalue weighted by Crippen LogP contribution is 2.21. The van der Waals surface area contributed by atoms with Gasteiger partial charge in [-0.05, 0) is 18.6 Å². The van der Waals surface area contributed by atoms with Gasteiger partial charge in [0.1, 0.15) is 12.2 Å². The molecule has 0 aliphatic heterocycles. The maximum atomic E-state index is 5.98. The Morgan fingerprint density at radius 2 is 2.24 bits per heavy atom. The molecule has 0 bridgehead atoms. The van der Waals surface area contributed by atoms with E-state index < -0.39 is 0 Å². The Morgan fingerprint density at radius 1 is 1.41 bits per heavy atom. The van der Waals surface area contributed by atoms with Gasteiger partial charge < -0.3 is 15.6 Å². The first-order valence-electron chi connectivity index (χ1n) is 5.60. The highest BCUT2D eigenvalue weighted by atomic mass is 15.2. The van der Waals surface area contributed by atoms with Crippen LogP contribution in [0.2, 0.25) is 0 Å². The van der Waals surface area contributed by atoms with Gasteiger partial charge in [-0.15, -0.1) is 10.2 Å². The molecule has 1 aromatic heterocycles. The molecule has 2 rings (SSSR count). The number of anilines is 2. The Labute approximate surface area is 101 Å². The summed E-state index contributed by atoms with van der Waals surface area (Å²) in [4.78, 5) is 0. The third-order valence-electron chi connectivity index (χ3n) is 2.79. The molecule has 0 saturated carbocycles. The van der Waals surface area contributed by atoms with Crippen LogP contribution in [0.25, 0.3) is 0 Å². The Morgan fingerprint density at radius 3 is 2.94 bits per heavy atom. The van der Waals surface area contributed by atoms with Crippen molar-refractivity contribution in [2.45, 2.75) is 13.3 Å². The van der Waals surface area contributed by atoms with E-state index in [9.17, 15) is 0 Å². The standard InChI is InChI=1S/C12H17N5/c1-9-4-3-5-10(12(9)13)14-7-6-11-16-15-8-17(11)2/h3-5,8,14H,6-7,13H2,1-2H3. The summed E-state index contributed by atoms with van der Waals surface area (Å²) < 4.78 is 1.92. The van der Waals surface area contributed by atoms with Crippen LogP contribution in [0.5, 0.6) is 0 Å².